The van der Waals surface area contributed by atoms with Crippen LogP contribution in [0.15, 0.2) is 24.3 Å². The number of H-pyrrole nitrogens is 1. The smallest absolute Gasteiger partial charge is 0.272 e. The van der Waals surface area contributed by atoms with E-state index in [0.29, 0.717) is 30.8 Å². The number of fused-ring (bicyclic) bond motifs is 1. The number of rotatable bonds is 4. The number of nitrogens with zero attached hydrogens (tertiary/aromatic N) is 3. The number of hydrogen-bond acceptors (Lipinski definition) is 4. The summed E-state index contributed by atoms with van der Waals surface area (Å²) in [5.41, 5.74) is 4.01. The number of nitriles is 1. The Bertz CT molecular complexity index is 894. The molecular formula is C19H19N5O2. The number of carbonyl (C=O) groups excluding carboxylic acids is 2. The lowest BCUT2D eigenvalue weighted by molar-refractivity contribution is -0.129. The number of benzene rings is 1. The number of hydrogen-bond donors (Lipinski definition) is 2. The fraction of sp³-hybridized carbons (Fsp3) is 0.368. The Hall–Kier alpha value is -3.14. The summed E-state index contributed by atoms with van der Waals surface area (Å²) in [6.45, 7) is 1.08. The zero-order chi connectivity index (χ0) is 18.1. The van der Waals surface area contributed by atoms with Gasteiger partial charge in [0.2, 0.25) is 5.91 Å². The molecule has 2 aromatic rings. The molecule has 26 heavy (non-hydrogen) atoms. The van der Waals surface area contributed by atoms with Gasteiger partial charge in [-0.2, -0.15) is 10.4 Å². The molecule has 2 amide bonds. The first-order valence-electron chi connectivity index (χ1n) is 8.80. The zero-order valence-electron chi connectivity index (χ0n) is 14.3. The van der Waals surface area contributed by atoms with Crippen molar-refractivity contribution in [3.63, 3.8) is 0 Å². The molecule has 1 aromatic heterocycles. The Morgan fingerprint density at radius 1 is 1.35 bits per heavy atom. The molecule has 2 aliphatic rings. The third-order valence-corrected chi connectivity index (χ3v) is 5.08. The molecule has 1 aromatic carbocycles. The van der Waals surface area contributed by atoms with Crippen molar-refractivity contribution in [3.8, 4) is 6.07 Å². The molecule has 7 nitrogen and oxygen atoms in total. The van der Waals surface area contributed by atoms with Crippen molar-refractivity contribution in [2.24, 2.45) is 0 Å². The quantitative estimate of drug-likeness (QED) is 0.868. The number of aromatic amines is 1. The normalized spacial score (nSPS) is 18.7. The number of nitrogens with one attached hydrogen (secondary N) is 2. The van der Waals surface area contributed by atoms with Crippen molar-refractivity contribution in [2.45, 2.75) is 38.3 Å². The predicted octanol–water partition coefficient (Wildman–Crippen LogP) is 1.30. The molecule has 132 valence electrons. The second-order valence-electron chi connectivity index (χ2n) is 6.77. The summed E-state index contributed by atoms with van der Waals surface area (Å²) < 4.78 is 0. The van der Waals surface area contributed by atoms with Gasteiger partial charge in [0.05, 0.1) is 11.6 Å². The SMILES string of the molecule is N#Cc1ccc(CN2CCC(NC(=O)c3n[nH]c4c3CCC4)C2=O)cc1. The van der Waals surface area contributed by atoms with Gasteiger partial charge in [-0.15, -0.1) is 0 Å². The van der Waals surface area contributed by atoms with Gasteiger partial charge in [-0.1, -0.05) is 12.1 Å². The minimum absolute atomic E-state index is 0.0742. The predicted molar refractivity (Wildman–Crippen MR) is 93.1 cm³/mol. The van der Waals surface area contributed by atoms with Crippen molar-refractivity contribution in [1.29, 1.82) is 5.26 Å². The molecule has 1 unspecified atom stereocenters. The molecule has 0 bridgehead atoms. The Kier molecular flexibility index (Phi) is 4.17. The number of aromatic nitrogens is 2. The third-order valence-electron chi connectivity index (χ3n) is 5.08. The van der Waals surface area contributed by atoms with Gasteiger partial charge < -0.3 is 10.2 Å². The number of amides is 2. The van der Waals surface area contributed by atoms with Crippen LogP contribution >= 0.6 is 0 Å². The summed E-state index contributed by atoms with van der Waals surface area (Å²) in [7, 11) is 0. The molecule has 2 N–H and O–H groups in total. The molecule has 1 aliphatic heterocycles. The van der Waals surface area contributed by atoms with Gasteiger partial charge in [-0.3, -0.25) is 14.7 Å². The third kappa shape index (κ3) is 2.94. The molecular weight excluding hydrogens is 330 g/mol. The average Bonchev–Trinajstić information content (AvgIpc) is 3.34. The maximum absolute atomic E-state index is 12.6. The fourth-order valence-electron chi connectivity index (χ4n) is 3.67. The highest BCUT2D eigenvalue weighted by Gasteiger charge is 2.34. The van der Waals surface area contributed by atoms with E-state index >= 15 is 0 Å². The van der Waals surface area contributed by atoms with E-state index in [1.165, 1.54) is 0 Å². The lowest BCUT2D eigenvalue weighted by Gasteiger charge is -2.17. The summed E-state index contributed by atoms with van der Waals surface area (Å²) in [4.78, 5) is 26.8. The van der Waals surface area contributed by atoms with Gasteiger partial charge in [0, 0.05) is 24.3 Å². The van der Waals surface area contributed by atoms with Crippen LogP contribution in [0.3, 0.4) is 0 Å². The Morgan fingerprint density at radius 2 is 2.15 bits per heavy atom. The van der Waals surface area contributed by atoms with Crippen LogP contribution in [0, 0.1) is 11.3 Å². The maximum Gasteiger partial charge on any atom is 0.272 e. The summed E-state index contributed by atoms with van der Waals surface area (Å²) in [5, 5.41) is 18.7. The van der Waals surface area contributed by atoms with E-state index in [1.54, 1.807) is 17.0 Å². The van der Waals surface area contributed by atoms with Crippen LogP contribution < -0.4 is 5.32 Å². The first kappa shape index (κ1) is 16.3. The Labute approximate surface area is 151 Å². The number of aryl methyl sites for hydroxylation is 1. The van der Waals surface area contributed by atoms with Crippen LogP contribution in [0.4, 0.5) is 0 Å². The fourth-order valence-corrected chi connectivity index (χ4v) is 3.67. The van der Waals surface area contributed by atoms with E-state index < -0.39 is 6.04 Å². The highest BCUT2D eigenvalue weighted by molar-refractivity contribution is 5.98. The molecule has 1 fully saturated rings. The summed E-state index contributed by atoms with van der Waals surface area (Å²) >= 11 is 0. The van der Waals surface area contributed by atoms with E-state index in [2.05, 4.69) is 21.6 Å². The minimum atomic E-state index is -0.505. The van der Waals surface area contributed by atoms with E-state index in [0.717, 1.165) is 36.1 Å². The largest absolute Gasteiger partial charge is 0.339 e. The second kappa shape index (κ2) is 6.64. The maximum atomic E-state index is 12.6. The Morgan fingerprint density at radius 3 is 2.92 bits per heavy atom. The van der Waals surface area contributed by atoms with Gasteiger partial charge in [-0.05, 0) is 43.4 Å². The van der Waals surface area contributed by atoms with Crippen molar-refractivity contribution in [2.75, 3.05) is 6.54 Å². The van der Waals surface area contributed by atoms with Gasteiger partial charge >= 0.3 is 0 Å². The summed E-state index contributed by atoms with van der Waals surface area (Å²) in [6, 6.07) is 8.77. The summed E-state index contributed by atoms with van der Waals surface area (Å²) in [5.74, 6) is -0.349. The zero-order valence-corrected chi connectivity index (χ0v) is 14.3. The van der Waals surface area contributed by atoms with Gasteiger partial charge in [0.1, 0.15) is 6.04 Å². The van der Waals surface area contributed by atoms with E-state index in [4.69, 9.17) is 5.26 Å². The molecule has 0 saturated carbocycles. The molecule has 4 rings (SSSR count). The van der Waals surface area contributed by atoms with Crippen LogP contribution in [0.25, 0.3) is 0 Å². The molecule has 0 spiro atoms. The average molecular weight is 349 g/mol. The van der Waals surface area contributed by atoms with E-state index in [-0.39, 0.29) is 11.8 Å². The topological polar surface area (TPSA) is 102 Å². The van der Waals surface area contributed by atoms with Crippen molar-refractivity contribution < 1.29 is 9.59 Å². The number of likely N-dealkylation sites (tertiary alicyclic amines) is 1. The van der Waals surface area contributed by atoms with E-state index in [9.17, 15) is 9.59 Å². The van der Waals surface area contributed by atoms with Crippen LogP contribution in [0.5, 0.6) is 0 Å². The molecule has 1 saturated heterocycles. The number of carbonyl (C=O) groups is 2. The lowest BCUT2D eigenvalue weighted by Crippen LogP contribution is -2.41. The Balaban J connectivity index is 1.39. The van der Waals surface area contributed by atoms with E-state index in [1.807, 2.05) is 12.1 Å². The molecule has 2 heterocycles. The van der Waals surface area contributed by atoms with Crippen molar-refractivity contribution in [3.05, 3.63) is 52.3 Å². The standard InChI is InChI=1S/C19H19N5O2/c20-10-12-4-6-13(7-5-12)11-24-9-8-16(19(24)26)21-18(25)17-14-2-1-3-15(14)22-23-17/h4-7,16H,1-3,8-9,11H2,(H,21,25)(H,22,23). The molecule has 7 heteroatoms. The van der Waals surface area contributed by atoms with Gasteiger partial charge in [-0.25, -0.2) is 0 Å². The minimum Gasteiger partial charge on any atom is -0.339 e. The first-order valence-corrected chi connectivity index (χ1v) is 8.80. The van der Waals surface area contributed by atoms with Crippen LogP contribution in [0.2, 0.25) is 0 Å². The second-order valence-corrected chi connectivity index (χ2v) is 6.77. The molecule has 0 radical (unpaired) electrons. The van der Waals surface area contributed by atoms with Crippen molar-refractivity contribution >= 4 is 11.8 Å². The highest BCUT2D eigenvalue weighted by Crippen LogP contribution is 2.23. The van der Waals surface area contributed by atoms with Gasteiger partial charge in [0.25, 0.3) is 5.91 Å². The monoisotopic (exact) mass is 349 g/mol. The van der Waals surface area contributed by atoms with Gasteiger partial charge in [0.15, 0.2) is 5.69 Å². The van der Waals surface area contributed by atoms with Crippen LogP contribution in [-0.2, 0) is 24.2 Å². The van der Waals surface area contributed by atoms with Crippen LogP contribution in [0.1, 0.15) is 45.7 Å². The molecule has 1 atom stereocenters. The summed E-state index contributed by atoms with van der Waals surface area (Å²) in [6.07, 6.45) is 3.41. The van der Waals surface area contributed by atoms with Crippen LogP contribution in [-0.4, -0.2) is 39.5 Å². The lowest BCUT2D eigenvalue weighted by atomic mass is 10.1. The highest BCUT2D eigenvalue weighted by atomic mass is 16.2. The molecule has 1 aliphatic carbocycles. The first-order chi connectivity index (χ1) is 12.7. The van der Waals surface area contributed by atoms with Crippen molar-refractivity contribution in [1.82, 2.24) is 20.4 Å².